The molecule has 7 heteroatoms. The smallest absolute Gasteiger partial charge is 0.251 e. The van der Waals surface area contributed by atoms with E-state index >= 15 is 0 Å². The summed E-state index contributed by atoms with van der Waals surface area (Å²) in [5.41, 5.74) is 1.93. The molecule has 3 N–H and O–H groups in total. The Morgan fingerprint density at radius 3 is 2.21 bits per heavy atom. The highest BCUT2D eigenvalue weighted by Crippen LogP contribution is 2.22. The molecule has 1 amide bonds. The first-order valence-electron chi connectivity index (χ1n) is 9.56. The van der Waals surface area contributed by atoms with Crippen LogP contribution in [0.1, 0.15) is 36.7 Å². The molecule has 3 aromatic rings. The van der Waals surface area contributed by atoms with E-state index in [9.17, 15) is 4.79 Å². The third-order valence-corrected chi connectivity index (χ3v) is 4.32. The highest BCUT2D eigenvalue weighted by Gasteiger charge is 2.14. The van der Waals surface area contributed by atoms with Gasteiger partial charge >= 0.3 is 0 Å². The van der Waals surface area contributed by atoms with E-state index in [1.54, 1.807) is 6.20 Å². The van der Waals surface area contributed by atoms with Crippen LogP contribution in [0.3, 0.4) is 0 Å². The van der Waals surface area contributed by atoms with Crippen molar-refractivity contribution in [3.63, 3.8) is 0 Å². The van der Waals surface area contributed by atoms with Crippen LogP contribution in [-0.2, 0) is 5.41 Å². The number of pyridine rings is 1. The van der Waals surface area contributed by atoms with Gasteiger partial charge in [-0.1, -0.05) is 39.0 Å². The second-order valence-electron chi connectivity index (χ2n) is 7.65. The van der Waals surface area contributed by atoms with Crippen LogP contribution in [0.25, 0.3) is 0 Å². The van der Waals surface area contributed by atoms with Crippen molar-refractivity contribution in [1.29, 1.82) is 0 Å². The van der Waals surface area contributed by atoms with Gasteiger partial charge in [-0.05, 0) is 47.4 Å². The largest absolute Gasteiger partial charge is 0.367 e. The zero-order valence-electron chi connectivity index (χ0n) is 16.9. The Bertz CT molecular complexity index is 918. The quantitative estimate of drug-likeness (QED) is 0.532. The van der Waals surface area contributed by atoms with Crippen molar-refractivity contribution in [3.8, 4) is 0 Å². The molecule has 2 aromatic heterocycles. The number of anilines is 3. The van der Waals surface area contributed by atoms with E-state index in [-0.39, 0.29) is 11.3 Å². The molecule has 0 aliphatic carbocycles. The number of nitrogens with one attached hydrogen (secondary N) is 3. The number of amides is 1. The van der Waals surface area contributed by atoms with Crippen molar-refractivity contribution < 1.29 is 4.79 Å². The summed E-state index contributed by atoms with van der Waals surface area (Å²) in [6.45, 7) is 7.48. The molecule has 0 atom stereocenters. The van der Waals surface area contributed by atoms with Gasteiger partial charge in [-0.2, -0.15) is 0 Å². The number of hydrogen-bond acceptors (Lipinski definition) is 6. The first kappa shape index (κ1) is 20.3. The van der Waals surface area contributed by atoms with Crippen molar-refractivity contribution in [1.82, 2.24) is 20.5 Å². The predicted octanol–water partition coefficient (Wildman–Crippen LogP) is 3.75. The fourth-order valence-corrected chi connectivity index (χ4v) is 2.65. The summed E-state index contributed by atoms with van der Waals surface area (Å²) in [5.74, 6) is 1.87. The van der Waals surface area contributed by atoms with Crippen LogP contribution >= 0.6 is 0 Å². The van der Waals surface area contributed by atoms with Crippen molar-refractivity contribution >= 4 is 23.4 Å². The molecule has 0 bridgehead atoms. The summed E-state index contributed by atoms with van der Waals surface area (Å²) < 4.78 is 0. The molecular weight excluding hydrogens is 364 g/mol. The minimum Gasteiger partial charge on any atom is -0.367 e. The minimum absolute atomic E-state index is 0.0721. The lowest BCUT2D eigenvalue weighted by atomic mass is 9.87. The summed E-state index contributed by atoms with van der Waals surface area (Å²) >= 11 is 0. The lowest BCUT2D eigenvalue weighted by Gasteiger charge is -2.19. The van der Waals surface area contributed by atoms with Crippen molar-refractivity contribution in [2.45, 2.75) is 26.2 Å². The molecule has 0 unspecified atom stereocenters. The number of benzene rings is 1. The van der Waals surface area contributed by atoms with Gasteiger partial charge in [0, 0.05) is 24.8 Å². The zero-order valence-corrected chi connectivity index (χ0v) is 16.9. The maximum Gasteiger partial charge on any atom is 0.251 e. The molecule has 0 aliphatic heterocycles. The van der Waals surface area contributed by atoms with E-state index in [1.807, 2.05) is 54.6 Å². The fraction of sp³-hybridized carbons (Fsp3) is 0.273. The summed E-state index contributed by atoms with van der Waals surface area (Å²) in [4.78, 5) is 16.4. The number of hydrogen-bond donors (Lipinski definition) is 3. The van der Waals surface area contributed by atoms with Gasteiger partial charge in [0.05, 0.1) is 0 Å². The molecule has 0 spiro atoms. The van der Waals surface area contributed by atoms with Crippen molar-refractivity contribution in [2.75, 3.05) is 23.7 Å². The van der Waals surface area contributed by atoms with E-state index in [0.29, 0.717) is 36.1 Å². The second-order valence-corrected chi connectivity index (χ2v) is 7.65. The third-order valence-electron chi connectivity index (χ3n) is 4.32. The van der Waals surface area contributed by atoms with Crippen LogP contribution in [0.2, 0.25) is 0 Å². The zero-order chi connectivity index (χ0) is 20.7. The Morgan fingerprint density at radius 2 is 1.59 bits per heavy atom. The van der Waals surface area contributed by atoms with E-state index in [2.05, 4.69) is 51.9 Å². The third kappa shape index (κ3) is 6.00. The molecule has 0 saturated heterocycles. The maximum atomic E-state index is 12.3. The Morgan fingerprint density at radius 1 is 0.862 bits per heavy atom. The lowest BCUT2D eigenvalue weighted by Crippen LogP contribution is -2.29. The summed E-state index contributed by atoms with van der Waals surface area (Å²) in [5, 5.41) is 17.3. The average molecular weight is 390 g/mol. The van der Waals surface area contributed by atoms with Gasteiger partial charge < -0.3 is 16.0 Å². The first-order valence-corrected chi connectivity index (χ1v) is 9.56. The molecule has 0 radical (unpaired) electrons. The van der Waals surface area contributed by atoms with Gasteiger partial charge in [0.2, 0.25) is 0 Å². The maximum absolute atomic E-state index is 12.3. The summed E-state index contributed by atoms with van der Waals surface area (Å²) in [6, 6.07) is 17.0. The Kier molecular flexibility index (Phi) is 6.39. The Labute approximate surface area is 171 Å². The molecule has 2 heterocycles. The van der Waals surface area contributed by atoms with Crippen LogP contribution in [-0.4, -0.2) is 34.2 Å². The van der Waals surface area contributed by atoms with Gasteiger partial charge in [0.25, 0.3) is 5.91 Å². The fourth-order valence-electron chi connectivity index (χ4n) is 2.65. The Balaban J connectivity index is 1.42. The highest BCUT2D eigenvalue weighted by molar-refractivity contribution is 5.94. The molecule has 0 fully saturated rings. The van der Waals surface area contributed by atoms with Gasteiger partial charge in [0.1, 0.15) is 11.6 Å². The van der Waals surface area contributed by atoms with Gasteiger partial charge in [-0.15, -0.1) is 10.2 Å². The van der Waals surface area contributed by atoms with Crippen LogP contribution in [0.4, 0.5) is 17.5 Å². The number of rotatable bonds is 7. The summed E-state index contributed by atoms with van der Waals surface area (Å²) in [6.07, 6.45) is 1.71. The van der Waals surface area contributed by atoms with Crippen LogP contribution in [0.5, 0.6) is 0 Å². The molecule has 7 nitrogen and oxygen atoms in total. The minimum atomic E-state index is -0.0896. The van der Waals surface area contributed by atoms with Gasteiger partial charge in [-0.3, -0.25) is 4.79 Å². The number of aromatic nitrogens is 3. The number of carbonyl (C=O) groups is 1. The molecular formula is C22H26N6O. The predicted molar refractivity (Wildman–Crippen MR) is 116 cm³/mol. The average Bonchev–Trinajstić information content (AvgIpc) is 2.72. The van der Waals surface area contributed by atoms with Crippen LogP contribution in [0, 0.1) is 0 Å². The first-order chi connectivity index (χ1) is 13.9. The normalized spacial score (nSPS) is 11.0. The van der Waals surface area contributed by atoms with Crippen molar-refractivity contribution in [2.24, 2.45) is 0 Å². The van der Waals surface area contributed by atoms with E-state index in [0.717, 1.165) is 0 Å². The van der Waals surface area contributed by atoms with E-state index in [4.69, 9.17) is 0 Å². The molecule has 0 aliphatic rings. The monoisotopic (exact) mass is 390 g/mol. The number of carbonyl (C=O) groups excluding carboxylic acids is 1. The summed E-state index contributed by atoms with van der Waals surface area (Å²) in [7, 11) is 0. The van der Waals surface area contributed by atoms with E-state index < -0.39 is 0 Å². The molecule has 1 aromatic carbocycles. The molecule has 150 valence electrons. The topological polar surface area (TPSA) is 91.8 Å². The highest BCUT2D eigenvalue weighted by atomic mass is 16.1. The van der Waals surface area contributed by atoms with E-state index in [1.165, 1.54) is 5.56 Å². The van der Waals surface area contributed by atoms with Gasteiger partial charge in [0.15, 0.2) is 5.82 Å². The molecule has 29 heavy (non-hydrogen) atoms. The Hall–Kier alpha value is -3.48. The van der Waals surface area contributed by atoms with Crippen LogP contribution in [0.15, 0.2) is 60.8 Å². The standard InChI is InChI=1S/C22H26N6O/c1-22(2,3)17-9-7-16(8-10-17)21(29)25-15-14-24-19-11-12-20(28-27-19)26-18-6-4-5-13-23-18/h4-13H,14-15H2,1-3H3,(H,24,27)(H,25,29)(H,23,26,28). The van der Waals surface area contributed by atoms with Crippen molar-refractivity contribution in [3.05, 3.63) is 71.9 Å². The second kappa shape index (κ2) is 9.14. The van der Waals surface area contributed by atoms with Gasteiger partial charge in [-0.25, -0.2) is 4.98 Å². The number of nitrogens with zero attached hydrogens (tertiary/aromatic N) is 3. The lowest BCUT2D eigenvalue weighted by molar-refractivity contribution is 0.0955. The molecule has 0 saturated carbocycles. The molecule has 3 rings (SSSR count). The van der Waals surface area contributed by atoms with Crippen LogP contribution < -0.4 is 16.0 Å². The SMILES string of the molecule is CC(C)(C)c1ccc(C(=O)NCCNc2ccc(Nc3ccccn3)nn2)cc1.